The van der Waals surface area contributed by atoms with Crippen molar-refractivity contribution < 1.29 is 18.7 Å². The van der Waals surface area contributed by atoms with Gasteiger partial charge in [-0.2, -0.15) is 4.99 Å². The van der Waals surface area contributed by atoms with E-state index in [1.165, 1.54) is 42.3 Å². The maximum absolute atomic E-state index is 12.9. The summed E-state index contributed by atoms with van der Waals surface area (Å²) in [5.74, 6) is -0.340. The molecule has 0 aliphatic carbocycles. The fourth-order valence-corrected chi connectivity index (χ4v) is 4.35. The first-order valence-corrected chi connectivity index (χ1v) is 9.92. The van der Waals surface area contributed by atoms with Gasteiger partial charge >= 0.3 is 5.97 Å². The third-order valence-electron chi connectivity index (χ3n) is 3.85. The van der Waals surface area contributed by atoms with E-state index in [4.69, 9.17) is 4.74 Å². The highest BCUT2D eigenvalue weighted by molar-refractivity contribution is 7.99. The van der Waals surface area contributed by atoms with Gasteiger partial charge in [0.2, 0.25) is 5.91 Å². The Morgan fingerprint density at radius 3 is 2.67 bits per heavy atom. The van der Waals surface area contributed by atoms with E-state index in [-0.39, 0.29) is 18.1 Å². The number of thioether (sulfide) groups is 1. The summed E-state index contributed by atoms with van der Waals surface area (Å²) in [6.07, 6.45) is 0.281. The van der Waals surface area contributed by atoms with Crippen molar-refractivity contribution in [1.82, 2.24) is 4.57 Å². The number of amides is 1. The number of ether oxygens (including phenoxy) is 1. The summed E-state index contributed by atoms with van der Waals surface area (Å²) in [6, 6.07) is 11.4. The lowest BCUT2D eigenvalue weighted by Gasteiger charge is -2.00. The Morgan fingerprint density at radius 2 is 1.96 bits per heavy atom. The second-order valence-corrected chi connectivity index (χ2v) is 7.85. The molecular formula is C19H17FN2O3S2. The molecule has 0 aliphatic heterocycles. The number of thiazole rings is 1. The van der Waals surface area contributed by atoms with Crippen molar-refractivity contribution in [2.75, 3.05) is 12.9 Å². The minimum Gasteiger partial charge on any atom is -0.465 e. The number of fused-ring (bicyclic) bond motifs is 1. The number of esters is 1. The number of aromatic nitrogens is 1. The standard InChI is InChI=1S/C19H17FN2O3S2/c1-22-15-8-3-12(18(24)25-2)11-16(15)27-19(22)21-17(23)9-10-26-14-6-4-13(20)5-7-14/h3-8,11H,9-10H2,1-2H3. The topological polar surface area (TPSA) is 60.7 Å². The van der Waals surface area contributed by atoms with Crippen molar-refractivity contribution in [2.24, 2.45) is 12.0 Å². The number of methoxy groups -OCH3 is 1. The average molecular weight is 404 g/mol. The first-order chi connectivity index (χ1) is 13.0. The zero-order valence-corrected chi connectivity index (χ0v) is 16.4. The summed E-state index contributed by atoms with van der Waals surface area (Å²) >= 11 is 2.83. The molecule has 0 atom stereocenters. The van der Waals surface area contributed by atoms with Gasteiger partial charge in [0.1, 0.15) is 5.82 Å². The molecule has 0 aliphatic rings. The van der Waals surface area contributed by atoms with Gasteiger partial charge in [-0.25, -0.2) is 9.18 Å². The van der Waals surface area contributed by atoms with Crippen LogP contribution in [0.3, 0.4) is 0 Å². The number of aryl methyl sites for hydroxylation is 1. The minimum atomic E-state index is -0.402. The molecule has 0 fully saturated rings. The summed E-state index contributed by atoms with van der Waals surface area (Å²) in [6.45, 7) is 0. The molecular weight excluding hydrogens is 387 g/mol. The lowest BCUT2D eigenvalue weighted by atomic mass is 10.2. The summed E-state index contributed by atoms with van der Waals surface area (Å²) in [5.41, 5.74) is 1.35. The van der Waals surface area contributed by atoms with Crippen LogP contribution in [0.25, 0.3) is 10.2 Å². The molecule has 140 valence electrons. The molecule has 2 aromatic carbocycles. The number of rotatable bonds is 5. The third-order valence-corrected chi connectivity index (χ3v) is 5.96. The van der Waals surface area contributed by atoms with E-state index in [1.807, 2.05) is 17.7 Å². The van der Waals surface area contributed by atoms with Crippen LogP contribution in [-0.2, 0) is 16.6 Å². The molecule has 0 N–H and O–H groups in total. The van der Waals surface area contributed by atoms with E-state index in [1.54, 1.807) is 24.3 Å². The Morgan fingerprint density at radius 1 is 1.22 bits per heavy atom. The van der Waals surface area contributed by atoms with E-state index in [9.17, 15) is 14.0 Å². The number of hydrogen-bond acceptors (Lipinski definition) is 5. The fraction of sp³-hybridized carbons (Fsp3) is 0.211. The molecule has 3 rings (SSSR count). The van der Waals surface area contributed by atoms with Gasteiger partial charge < -0.3 is 9.30 Å². The molecule has 5 nitrogen and oxygen atoms in total. The Hall–Kier alpha value is -2.45. The highest BCUT2D eigenvalue weighted by Gasteiger charge is 2.10. The van der Waals surface area contributed by atoms with Gasteiger partial charge in [-0.15, -0.1) is 11.8 Å². The van der Waals surface area contributed by atoms with Gasteiger partial charge in [-0.1, -0.05) is 11.3 Å². The quantitative estimate of drug-likeness (QED) is 0.480. The van der Waals surface area contributed by atoms with Gasteiger partial charge in [-0.3, -0.25) is 4.79 Å². The van der Waals surface area contributed by atoms with Crippen LogP contribution in [0, 0.1) is 5.82 Å². The van der Waals surface area contributed by atoms with Gasteiger partial charge in [0, 0.05) is 24.1 Å². The smallest absolute Gasteiger partial charge is 0.337 e. The second kappa shape index (κ2) is 8.49. The summed E-state index contributed by atoms with van der Waals surface area (Å²) in [4.78, 5) is 29.5. The van der Waals surface area contributed by atoms with Crippen molar-refractivity contribution in [1.29, 1.82) is 0 Å². The van der Waals surface area contributed by atoms with Crippen LogP contribution < -0.4 is 4.80 Å². The van der Waals surface area contributed by atoms with Crippen molar-refractivity contribution in [3.8, 4) is 0 Å². The molecule has 0 saturated carbocycles. The van der Waals surface area contributed by atoms with Crippen LogP contribution in [0.4, 0.5) is 4.39 Å². The van der Waals surface area contributed by atoms with Gasteiger partial charge in [-0.05, 0) is 42.5 Å². The van der Waals surface area contributed by atoms with Crippen LogP contribution in [-0.4, -0.2) is 29.3 Å². The van der Waals surface area contributed by atoms with Crippen molar-refractivity contribution in [3.63, 3.8) is 0 Å². The fourth-order valence-electron chi connectivity index (χ4n) is 2.44. The summed E-state index contributed by atoms with van der Waals surface area (Å²) in [5, 5.41) is 0. The van der Waals surface area contributed by atoms with Crippen LogP contribution in [0.2, 0.25) is 0 Å². The van der Waals surface area contributed by atoms with Crippen LogP contribution in [0.1, 0.15) is 16.8 Å². The summed E-state index contributed by atoms with van der Waals surface area (Å²) < 4.78 is 20.3. The zero-order chi connectivity index (χ0) is 19.4. The Kier molecular flexibility index (Phi) is 6.08. The Labute approximate surface area is 163 Å². The van der Waals surface area contributed by atoms with Crippen molar-refractivity contribution in [2.45, 2.75) is 11.3 Å². The molecule has 0 spiro atoms. The van der Waals surface area contributed by atoms with E-state index < -0.39 is 5.97 Å². The highest BCUT2D eigenvalue weighted by Crippen LogP contribution is 2.20. The molecule has 8 heteroatoms. The van der Waals surface area contributed by atoms with Gasteiger partial charge in [0.05, 0.1) is 22.9 Å². The van der Waals surface area contributed by atoms with E-state index in [0.29, 0.717) is 16.1 Å². The largest absolute Gasteiger partial charge is 0.465 e. The number of benzene rings is 2. The number of carbonyl (C=O) groups excluding carboxylic acids is 2. The molecule has 27 heavy (non-hydrogen) atoms. The van der Waals surface area contributed by atoms with Crippen LogP contribution in [0.15, 0.2) is 52.4 Å². The predicted molar refractivity (Wildman–Crippen MR) is 104 cm³/mol. The first kappa shape index (κ1) is 19.3. The lowest BCUT2D eigenvalue weighted by molar-refractivity contribution is -0.117. The Bertz CT molecular complexity index is 1050. The average Bonchev–Trinajstić information content (AvgIpc) is 2.97. The monoisotopic (exact) mass is 404 g/mol. The van der Waals surface area contributed by atoms with E-state index in [0.717, 1.165) is 15.1 Å². The maximum atomic E-state index is 12.9. The van der Waals surface area contributed by atoms with Crippen LogP contribution in [0.5, 0.6) is 0 Å². The predicted octanol–water partition coefficient (Wildman–Crippen LogP) is 3.78. The van der Waals surface area contributed by atoms with Gasteiger partial charge in [0.25, 0.3) is 0 Å². The molecule has 1 aromatic heterocycles. The highest BCUT2D eigenvalue weighted by atomic mass is 32.2. The SMILES string of the molecule is COC(=O)c1ccc2c(c1)sc(=NC(=O)CCSc1ccc(F)cc1)n2C. The van der Waals surface area contributed by atoms with E-state index >= 15 is 0 Å². The van der Waals surface area contributed by atoms with Crippen molar-refractivity contribution >= 4 is 45.2 Å². The first-order valence-electron chi connectivity index (χ1n) is 8.12. The van der Waals surface area contributed by atoms with Gasteiger partial charge in [0.15, 0.2) is 4.80 Å². The van der Waals surface area contributed by atoms with Crippen molar-refractivity contribution in [3.05, 3.63) is 58.6 Å². The molecule has 0 saturated heterocycles. The molecule has 0 unspecified atom stereocenters. The maximum Gasteiger partial charge on any atom is 0.337 e. The third kappa shape index (κ3) is 4.64. The number of nitrogens with zero attached hydrogens (tertiary/aromatic N) is 2. The molecule has 3 aromatic rings. The Balaban J connectivity index is 1.72. The molecule has 0 bridgehead atoms. The number of halogens is 1. The minimum absolute atomic E-state index is 0.222. The number of carbonyl (C=O) groups is 2. The normalized spacial score (nSPS) is 11.7. The summed E-state index contributed by atoms with van der Waals surface area (Å²) in [7, 11) is 3.17. The molecule has 0 radical (unpaired) electrons. The molecule has 1 amide bonds. The molecule has 1 heterocycles. The van der Waals surface area contributed by atoms with E-state index in [2.05, 4.69) is 4.99 Å². The lowest BCUT2D eigenvalue weighted by Crippen LogP contribution is -2.13. The number of hydrogen-bond donors (Lipinski definition) is 0. The zero-order valence-electron chi connectivity index (χ0n) is 14.8. The second-order valence-electron chi connectivity index (χ2n) is 5.68. The van der Waals surface area contributed by atoms with Crippen LogP contribution >= 0.6 is 23.1 Å².